The lowest BCUT2D eigenvalue weighted by molar-refractivity contribution is 0.0682. The van der Waals surface area contributed by atoms with Gasteiger partial charge in [0.05, 0.1) is 22.0 Å². The number of hydrogen-bond donors (Lipinski definition) is 2. The van der Waals surface area contributed by atoms with Crippen LogP contribution >= 0.6 is 27.5 Å². The zero-order valence-corrected chi connectivity index (χ0v) is 17.0. The zero-order chi connectivity index (χ0) is 18.7. The molecule has 1 saturated heterocycles. The van der Waals surface area contributed by atoms with Crippen molar-refractivity contribution in [3.05, 3.63) is 39.1 Å². The predicted molar refractivity (Wildman–Crippen MR) is 104 cm³/mol. The maximum atomic E-state index is 12.6. The van der Waals surface area contributed by atoms with E-state index in [0.29, 0.717) is 33.2 Å². The summed E-state index contributed by atoms with van der Waals surface area (Å²) in [6.45, 7) is 5.25. The van der Waals surface area contributed by atoms with Crippen molar-refractivity contribution in [3.63, 3.8) is 0 Å². The van der Waals surface area contributed by atoms with Gasteiger partial charge >= 0.3 is 0 Å². The monoisotopic (exact) mass is 441 g/mol. The summed E-state index contributed by atoms with van der Waals surface area (Å²) in [5, 5.41) is 10.4. The zero-order valence-electron chi connectivity index (χ0n) is 14.6. The summed E-state index contributed by atoms with van der Waals surface area (Å²) in [6.07, 6.45) is 2.11. The van der Waals surface area contributed by atoms with Crippen molar-refractivity contribution in [2.75, 3.05) is 18.5 Å². The van der Waals surface area contributed by atoms with Crippen LogP contribution in [0.5, 0.6) is 5.75 Å². The quantitative estimate of drug-likeness (QED) is 0.676. The van der Waals surface area contributed by atoms with Gasteiger partial charge in [-0.05, 0) is 52.9 Å². The molecule has 0 spiro atoms. The normalized spacial score (nSPS) is 16.9. The van der Waals surface area contributed by atoms with Crippen molar-refractivity contribution >= 4 is 39.1 Å². The summed E-state index contributed by atoms with van der Waals surface area (Å²) in [5.41, 5.74) is 1.66. The van der Waals surface area contributed by atoms with Crippen LogP contribution in [0.4, 0.5) is 5.69 Å². The number of aromatic amines is 1. The topological polar surface area (TPSA) is 76.2 Å². The second kappa shape index (κ2) is 8.41. The van der Waals surface area contributed by atoms with E-state index in [-0.39, 0.29) is 17.9 Å². The standard InChI is InChI=1S/C18H21BrClN3O3/c1-10(2)16-15(19)17(23-22-16)18(24)21-13-8-11(20)5-6-14(13)26-9-12-4-3-7-25-12/h5-6,8,10,12H,3-4,7,9H2,1-2H3,(H,21,24)(H,22,23). The first-order chi connectivity index (χ1) is 12.5. The Bertz CT molecular complexity index is 788. The summed E-state index contributed by atoms with van der Waals surface area (Å²) < 4.78 is 12.1. The van der Waals surface area contributed by atoms with E-state index in [0.717, 1.165) is 25.1 Å². The van der Waals surface area contributed by atoms with E-state index < -0.39 is 0 Å². The van der Waals surface area contributed by atoms with Crippen molar-refractivity contribution < 1.29 is 14.3 Å². The highest BCUT2D eigenvalue weighted by Gasteiger charge is 2.21. The molecule has 1 unspecified atom stereocenters. The molecule has 1 aliphatic rings. The largest absolute Gasteiger partial charge is 0.489 e. The van der Waals surface area contributed by atoms with E-state index in [9.17, 15) is 4.79 Å². The van der Waals surface area contributed by atoms with Crippen LogP contribution in [0.15, 0.2) is 22.7 Å². The molecule has 1 aliphatic heterocycles. The molecule has 0 aliphatic carbocycles. The lowest BCUT2D eigenvalue weighted by Crippen LogP contribution is -2.18. The lowest BCUT2D eigenvalue weighted by atomic mass is 10.1. The van der Waals surface area contributed by atoms with Crippen LogP contribution in [0.3, 0.4) is 0 Å². The number of anilines is 1. The molecule has 8 heteroatoms. The Balaban J connectivity index is 1.75. The molecule has 0 saturated carbocycles. The average molecular weight is 443 g/mol. The number of carbonyl (C=O) groups is 1. The van der Waals surface area contributed by atoms with Gasteiger partial charge in [0.2, 0.25) is 0 Å². The fourth-order valence-electron chi connectivity index (χ4n) is 2.74. The third-order valence-electron chi connectivity index (χ3n) is 4.16. The van der Waals surface area contributed by atoms with Gasteiger partial charge in [-0.25, -0.2) is 0 Å². The van der Waals surface area contributed by atoms with E-state index in [2.05, 4.69) is 31.4 Å². The molecule has 1 fully saturated rings. The van der Waals surface area contributed by atoms with Gasteiger partial charge in [0, 0.05) is 11.6 Å². The van der Waals surface area contributed by atoms with Gasteiger partial charge in [-0.1, -0.05) is 25.4 Å². The molecular weight excluding hydrogens is 422 g/mol. The van der Waals surface area contributed by atoms with E-state index in [1.807, 2.05) is 13.8 Å². The summed E-state index contributed by atoms with van der Waals surface area (Å²) in [5.74, 6) is 0.424. The fourth-order valence-corrected chi connectivity index (χ4v) is 3.73. The molecule has 6 nitrogen and oxygen atoms in total. The second-order valence-electron chi connectivity index (χ2n) is 6.50. The average Bonchev–Trinajstić information content (AvgIpc) is 3.23. The van der Waals surface area contributed by atoms with Crippen LogP contribution in [-0.4, -0.2) is 35.4 Å². The van der Waals surface area contributed by atoms with E-state index in [4.69, 9.17) is 21.1 Å². The van der Waals surface area contributed by atoms with E-state index in [1.165, 1.54) is 0 Å². The number of hydrogen-bond acceptors (Lipinski definition) is 4. The van der Waals surface area contributed by atoms with Crippen molar-refractivity contribution in [1.29, 1.82) is 0 Å². The molecule has 1 aromatic heterocycles. The fraction of sp³-hybridized carbons (Fsp3) is 0.444. The molecule has 0 radical (unpaired) electrons. The third-order valence-corrected chi connectivity index (χ3v) is 5.20. The van der Waals surface area contributed by atoms with Crippen molar-refractivity contribution in [2.45, 2.75) is 38.7 Å². The Morgan fingerprint density at radius 3 is 3.00 bits per heavy atom. The number of carbonyl (C=O) groups excluding carboxylic acids is 1. The first kappa shape index (κ1) is 19.2. The highest BCUT2D eigenvalue weighted by Crippen LogP contribution is 2.31. The molecule has 1 amide bonds. The minimum atomic E-state index is -0.343. The third kappa shape index (κ3) is 4.39. The van der Waals surface area contributed by atoms with Crippen molar-refractivity contribution in [2.24, 2.45) is 0 Å². The van der Waals surface area contributed by atoms with Gasteiger partial charge in [-0.15, -0.1) is 0 Å². The van der Waals surface area contributed by atoms with Crippen molar-refractivity contribution in [1.82, 2.24) is 10.2 Å². The second-order valence-corrected chi connectivity index (χ2v) is 7.72. The van der Waals surface area contributed by atoms with Gasteiger partial charge in [0.15, 0.2) is 5.69 Å². The van der Waals surface area contributed by atoms with Crippen LogP contribution in [0, 0.1) is 0 Å². The molecule has 1 atom stereocenters. The smallest absolute Gasteiger partial charge is 0.277 e. The number of nitrogens with one attached hydrogen (secondary N) is 2. The molecule has 140 valence electrons. The number of H-pyrrole nitrogens is 1. The number of aromatic nitrogens is 2. The SMILES string of the molecule is CC(C)c1[nH]nc(C(=O)Nc2cc(Cl)ccc2OCC2CCCO2)c1Br. The predicted octanol–water partition coefficient (Wildman–Crippen LogP) is 4.76. The summed E-state index contributed by atoms with van der Waals surface area (Å²) in [6, 6.07) is 5.13. The summed E-state index contributed by atoms with van der Waals surface area (Å²) in [7, 11) is 0. The van der Waals surface area contributed by atoms with E-state index in [1.54, 1.807) is 18.2 Å². The Labute approximate surface area is 165 Å². The molecule has 2 N–H and O–H groups in total. The van der Waals surface area contributed by atoms with Crippen molar-refractivity contribution in [3.8, 4) is 5.75 Å². The van der Waals surface area contributed by atoms with Crippen LogP contribution in [0.2, 0.25) is 5.02 Å². The Morgan fingerprint density at radius 2 is 2.35 bits per heavy atom. The first-order valence-corrected chi connectivity index (χ1v) is 9.72. The highest BCUT2D eigenvalue weighted by atomic mass is 79.9. The molecule has 2 heterocycles. The summed E-state index contributed by atoms with van der Waals surface area (Å²) in [4.78, 5) is 12.6. The molecule has 3 rings (SSSR count). The molecule has 1 aromatic carbocycles. The lowest BCUT2D eigenvalue weighted by Gasteiger charge is -2.15. The Morgan fingerprint density at radius 1 is 1.54 bits per heavy atom. The van der Waals surface area contributed by atoms with Gasteiger partial charge in [-0.2, -0.15) is 5.10 Å². The number of ether oxygens (including phenoxy) is 2. The highest BCUT2D eigenvalue weighted by molar-refractivity contribution is 9.10. The number of benzene rings is 1. The minimum Gasteiger partial charge on any atom is -0.489 e. The van der Waals surface area contributed by atoms with Crippen LogP contribution in [0.1, 0.15) is 48.8 Å². The number of rotatable bonds is 6. The summed E-state index contributed by atoms with van der Waals surface area (Å²) >= 11 is 9.53. The van der Waals surface area contributed by atoms with Gasteiger partial charge in [0.1, 0.15) is 12.4 Å². The van der Waals surface area contributed by atoms with Gasteiger partial charge in [-0.3, -0.25) is 9.89 Å². The Kier molecular flexibility index (Phi) is 6.21. The van der Waals surface area contributed by atoms with Crippen LogP contribution < -0.4 is 10.1 Å². The minimum absolute atomic E-state index is 0.0864. The molecular formula is C18H21BrClN3O3. The number of halogens is 2. The molecule has 2 aromatic rings. The molecule has 26 heavy (non-hydrogen) atoms. The maximum absolute atomic E-state index is 12.6. The van der Waals surface area contributed by atoms with Crippen LogP contribution in [-0.2, 0) is 4.74 Å². The maximum Gasteiger partial charge on any atom is 0.277 e. The molecule has 0 bridgehead atoms. The first-order valence-electron chi connectivity index (χ1n) is 8.54. The Hall–Kier alpha value is -1.57. The van der Waals surface area contributed by atoms with Crippen LogP contribution in [0.25, 0.3) is 0 Å². The van der Waals surface area contributed by atoms with Gasteiger partial charge < -0.3 is 14.8 Å². The van der Waals surface area contributed by atoms with E-state index >= 15 is 0 Å². The van der Waals surface area contributed by atoms with Gasteiger partial charge in [0.25, 0.3) is 5.91 Å². The number of amides is 1. The number of nitrogens with zero attached hydrogens (tertiary/aromatic N) is 1.